The molecule has 3 N–H and O–H groups in total. The van der Waals surface area contributed by atoms with Crippen LogP contribution in [-0.2, 0) is 4.79 Å². The van der Waals surface area contributed by atoms with E-state index < -0.39 is 0 Å². The number of amides is 1. The number of carbonyl (C=O) groups is 1. The first-order valence-electron chi connectivity index (χ1n) is 8.96. The lowest BCUT2D eigenvalue weighted by Crippen LogP contribution is -2.46. The summed E-state index contributed by atoms with van der Waals surface area (Å²) in [5.74, 6) is 0.507. The van der Waals surface area contributed by atoms with Crippen LogP contribution in [0.25, 0.3) is 0 Å². The summed E-state index contributed by atoms with van der Waals surface area (Å²) in [4.78, 5) is 18.6. The minimum atomic E-state index is -0.115. The smallest absolute Gasteiger partial charge is 0.243 e. The Morgan fingerprint density at radius 2 is 2.04 bits per heavy atom. The van der Waals surface area contributed by atoms with E-state index in [1.165, 1.54) is 0 Å². The molecule has 142 valence electrons. The normalized spacial score (nSPS) is 16.9. The van der Waals surface area contributed by atoms with Crippen LogP contribution in [0.1, 0.15) is 6.42 Å². The maximum absolute atomic E-state index is 12.1. The largest absolute Gasteiger partial charge is 0.369 e. The van der Waals surface area contributed by atoms with Gasteiger partial charge >= 0.3 is 0 Å². The summed E-state index contributed by atoms with van der Waals surface area (Å²) < 4.78 is 0. The van der Waals surface area contributed by atoms with Crippen LogP contribution in [0.4, 0.5) is 11.4 Å². The molecule has 0 aliphatic carbocycles. The van der Waals surface area contributed by atoms with E-state index >= 15 is 0 Å². The van der Waals surface area contributed by atoms with E-state index in [1.807, 2.05) is 48.5 Å². The summed E-state index contributed by atoms with van der Waals surface area (Å²) in [7, 11) is 1.70. The van der Waals surface area contributed by atoms with Crippen LogP contribution in [0.3, 0.4) is 0 Å². The summed E-state index contributed by atoms with van der Waals surface area (Å²) in [6.07, 6.45) is 0.990. The fourth-order valence-corrected chi connectivity index (χ4v) is 3.25. The zero-order valence-electron chi connectivity index (χ0n) is 15.3. The van der Waals surface area contributed by atoms with Crippen molar-refractivity contribution in [2.75, 3.05) is 36.9 Å². The van der Waals surface area contributed by atoms with Gasteiger partial charge in [0.1, 0.15) is 0 Å². The number of hydrogen-bond donors (Lipinski definition) is 3. The zero-order chi connectivity index (χ0) is 19.1. The third kappa shape index (κ3) is 5.62. The topological polar surface area (TPSA) is 68.8 Å². The highest BCUT2D eigenvalue weighted by molar-refractivity contribution is 6.30. The van der Waals surface area contributed by atoms with Crippen LogP contribution in [0.2, 0.25) is 5.02 Å². The summed E-state index contributed by atoms with van der Waals surface area (Å²) in [6, 6.07) is 17.5. The van der Waals surface area contributed by atoms with Gasteiger partial charge in [-0.15, -0.1) is 0 Å². The molecule has 0 aromatic heterocycles. The molecule has 0 spiro atoms. The van der Waals surface area contributed by atoms with E-state index in [4.69, 9.17) is 11.6 Å². The van der Waals surface area contributed by atoms with Crippen molar-refractivity contribution >= 4 is 34.8 Å². The molecule has 1 unspecified atom stereocenters. The van der Waals surface area contributed by atoms with Crippen molar-refractivity contribution in [1.29, 1.82) is 0 Å². The fraction of sp³-hybridized carbons (Fsp3) is 0.300. The van der Waals surface area contributed by atoms with Gasteiger partial charge < -0.3 is 20.9 Å². The molecule has 1 atom stereocenters. The van der Waals surface area contributed by atoms with Crippen LogP contribution in [0.15, 0.2) is 59.6 Å². The van der Waals surface area contributed by atoms with E-state index in [-0.39, 0.29) is 18.5 Å². The molecule has 0 radical (unpaired) electrons. The molecule has 27 heavy (non-hydrogen) atoms. The summed E-state index contributed by atoms with van der Waals surface area (Å²) in [5.41, 5.74) is 1.90. The van der Waals surface area contributed by atoms with E-state index in [0.29, 0.717) is 5.96 Å². The third-order valence-corrected chi connectivity index (χ3v) is 4.64. The second kappa shape index (κ2) is 9.28. The molecular weight excluding hydrogens is 362 g/mol. The first kappa shape index (κ1) is 19.0. The number of halogens is 1. The van der Waals surface area contributed by atoms with Crippen molar-refractivity contribution in [2.24, 2.45) is 4.99 Å². The number of benzene rings is 2. The molecule has 0 bridgehead atoms. The van der Waals surface area contributed by atoms with Gasteiger partial charge in [0.25, 0.3) is 0 Å². The lowest BCUT2D eigenvalue weighted by Gasteiger charge is -2.20. The van der Waals surface area contributed by atoms with E-state index in [1.54, 1.807) is 7.05 Å². The molecule has 3 rings (SSSR count). The van der Waals surface area contributed by atoms with Crippen LogP contribution in [0, 0.1) is 0 Å². The average Bonchev–Trinajstić information content (AvgIpc) is 3.14. The van der Waals surface area contributed by atoms with Crippen molar-refractivity contribution in [3.05, 3.63) is 59.6 Å². The number of para-hydroxylation sites is 1. The van der Waals surface area contributed by atoms with Crippen molar-refractivity contribution < 1.29 is 4.79 Å². The minimum absolute atomic E-state index is 0.115. The molecule has 1 aliphatic heterocycles. The predicted octanol–water partition coefficient (Wildman–Crippen LogP) is 2.72. The van der Waals surface area contributed by atoms with Crippen LogP contribution in [-0.4, -0.2) is 44.6 Å². The van der Waals surface area contributed by atoms with Crippen molar-refractivity contribution in [1.82, 2.24) is 10.6 Å². The average molecular weight is 386 g/mol. The summed E-state index contributed by atoms with van der Waals surface area (Å²) in [5, 5.41) is 10.0. The Hall–Kier alpha value is -2.73. The molecular formula is C20H24ClN5O. The second-order valence-electron chi connectivity index (χ2n) is 6.40. The number of anilines is 2. The SMILES string of the molecule is CN=C(NCC(=O)Nc1ccccc1)NC1CCN(c2cccc(Cl)c2)C1. The molecule has 1 amide bonds. The lowest BCUT2D eigenvalue weighted by molar-refractivity contribution is -0.115. The van der Waals surface area contributed by atoms with Gasteiger partial charge in [-0.2, -0.15) is 0 Å². The quantitative estimate of drug-likeness (QED) is 0.547. The number of carbonyl (C=O) groups excluding carboxylic acids is 1. The summed E-state index contributed by atoms with van der Waals surface area (Å²) >= 11 is 6.09. The zero-order valence-corrected chi connectivity index (χ0v) is 16.0. The summed E-state index contributed by atoms with van der Waals surface area (Å²) in [6.45, 7) is 1.96. The van der Waals surface area contributed by atoms with Crippen LogP contribution >= 0.6 is 11.6 Å². The number of nitrogens with zero attached hydrogens (tertiary/aromatic N) is 2. The number of rotatable bonds is 5. The van der Waals surface area contributed by atoms with Crippen LogP contribution < -0.4 is 20.9 Å². The van der Waals surface area contributed by atoms with Crippen molar-refractivity contribution in [3.63, 3.8) is 0 Å². The molecule has 1 aliphatic rings. The van der Waals surface area contributed by atoms with Gasteiger partial charge in [-0.3, -0.25) is 9.79 Å². The Kier molecular flexibility index (Phi) is 6.54. The van der Waals surface area contributed by atoms with Gasteiger partial charge in [0.15, 0.2) is 5.96 Å². The maximum atomic E-state index is 12.1. The molecule has 1 heterocycles. The van der Waals surface area contributed by atoms with Crippen molar-refractivity contribution in [3.8, 4) is 0 Å². The molecule has 0 saturated carbocycles. The first-order chi connectivity index (χ1) is 13.1. The van der Waals surface area contributed by atoms with Gasteiger partial charge in [0.2, 0.25) is 5.91 Å². The standard InChI is InChI=1S/C20H24ClN5O/c1-22-20(23-13-19(27)24-16-7-3-2-4-8-16)25-17-10-11-26(14-17)18-9-5-6-15(21)12-18/h2-9,12,17H,10-11,13-14H2,1H3,(H,24,27)(H2,22,23,25). The van der Waals surface area contributed by atoms with E-state index in [2.05, 4.69) is 31.9 Å². The third-order valence-electron chi connectivity index (χ3n) is 4.40. The van der Waals surface area contributed by atoms with Gasteiger partial charge in [-0.25, -0.2) is 0 Å². The van der Waals surface area contributed by atoms with Gasteiger partial charge in [0, 0.05) is 42.6 Å². The first-order valence-corrected chi connectivity index (χ1v) is 9.34. The highest BCUT2D eigenvalue weighted by Gasteiger charge is 2.23. The highest BCUT2D eigenvalue weighted by atomic mass is 35.5. The Morgan fingerprint density at radius 1 is 1.22 bits per heavy atom. The Balaban J connectivity index is 1.46. The minimum Gasteiger partial charge on any atom is -0.369 e. The van der Waals surface area contributed by atoms with Gasteiger partial charge in [-0.05, 0) is 36.8 Å². The highest BCUT2D eigenvalue weighted by Crippen LogP contribution is 2.23. The number of hydrogen-bond acceptors (Lipinski definition) is 3. The Labute approximate surface area is 164 Å². The van der Waals surface area contributed by atoms with Crippen LogP contribution in [0.5, 0.6) is 0 Å². The molecule has 1 saturated heterocycles. The van der Waals surface area contributed by atoms with Crippen molar-refractivity contribution in [2.45, 2.75) is 12.5 Å². The lowest BCUT2D eigenvalue weighted by atomic mass is 10.2. The van der Waals surface area contributed by atoms with E-state index in [0.717, 1.165) is 35.9 Å². The number of aliphatic imine (C=N–C) groups is 1. The molecule has 2 aromatic rings. The monoisotopic (exact) mass is 385 g/mol. The van der Waals surface area contributed by atoms with Gasteiger partial charge in [-0.1, -0.05) is 35.9 Å². The molecule has 6 nitrogen and oxygen atoms in total. The van der Waals surface area contributed by atoms with Gasteiger partial charge in [0.05, 0.1) is 6.54 Å². The Morgan fingerprint density at radius 3 is 2.78 bits per heavy atom. The fourth-order valence-electron chi connectivity index (χ4n) is 3.06. The molecule has 1 fully saturated rings. The maximum Gasteiger partial charge on any atom is 0.243 e. The molecule has 7 heteroatoms. The predicted molar refractivity (Wildman–Crippen MR) is 112 cm³/mol. The number of guanidine groups is 1. The van der Waals surface area contributed by atoms with E-state index in [9.17, 15) is 4.79 Å². The molecule has 2 aromatic carbocycles. The number of nitrogens with one attached hydrogen (secondary N) is 3. The second-order valence-corrected chi connectivity index (χ2v) is 6.83. The Bertz CT molecular complexity index is 796.